The lowest BCUT2D eigenvalue weighted by molar-refractivity contribution is -0.121. The van der Waals surface area contributed by atoms with Crippen LogP contribution in [-0.2, 0) is 4.79 Å². The van der Waals surface area contributed by atoms with Crippen molar-refractivity contribution >= 4 is 34.1 Å². The molecule has 2 saturated carbocycles. The Morgan fingerprint density at radius 2 is 2.33 bits per heavy atom. The van der Waals surface area contributed by atoms with Gasteiger partial charge in [-0.3, -0.25) is 4.79 Å². The van der Waals surface area contributed by atoms with Crippen molar-refractivity contribution in [3.05, 3.63) is 0 Å². The molecule has 1 heterocycles. The van der Waals surface area contributed by atoms with Crippen LogP contribution in [0.5, 0.6) is 0 Å². The summed E-state index contributed by atoms with van der Waals surface area (Å²) in [4.78, 5) is 12.2. The highest BCUT2D eigenvalue weighted by Gasteiger charge is 2.43. The van der Waals surface area contributed by atoms with Crippen molar-refractivity contribution in [2.24, 2.45) is 17.8 Å². The van der Waals surface area contributed by atoms with Gasteiger partial charge in [-0.1, -0.05) is 36.4 Å². The van der Waals surface area contributed by atoms with E-state index in [2.05, 4.69) is 22.4 Å². The summed E-state index contributed by atoms with van der Waals surface area (Å²) in [5.74, 6) is 2.77. The molecule has 0 radical (unpaired) electrons. The van der Waals surface area contributed by atoms with Crippen LogP contribution in [-0.4, -0.2) is 21.9 Å². The number of hydrogen-bond acceptors (Lipinski definition) is 5. The molecule has 1 amide bonds. The maximum absolute atomic E-state index is 12.2. The van der Waals surface area contributed by atoms with Gasteiger partial charge in [0.25, 0.3) is 0 Å². The summed E-state index contributed by atoms with van der Waals surface area (Å²) in [7, 11) is 0. The fourth-order valence-corrected chi connectivity index (χ4v) is 4.86. The van der Waals surface area contributed by atoms with Crippen LogP contribution in [0.25, 0.3) is 0 Å². The minimum absolute atomic E-state index is 0.159. The average Bonchev–Trinajstić information content (AvgIpc) is 3.05. The number of hydrogen-bond donors (Lipinski definition) is 1. The van der Waals surface area contributed by atoms with Crippen molar-refractivity contribution in [1.82, 2.24) is 10.2 Å². The lowest BCUT2D eigenvalue weighted by Crippen LogP contribution is -2.27. The Bertz CT molecular complexity index is 448. The molecule has 0 unspecified atom stereocenters. The Morgan fingerprint density at radius 1 is 1.44 bits per heavy atom. The first-order valence-corrected chi connectivity index (χ1v) is 8.33. The van der Waals surface area contributed by atoms with E-state index >= 15 is 0 Å². The summed E-state index contributed by atoms with van der Waals surface area (Å²) in [5, 5.41) is 11.7. The van der Waals surface area contributed by atoms with Crippen LogP contribution in [0.15, 0.2) is 4.34 Å². The topological polar surface area (TPSA) is 54.9 Å². The van der Waals surface area contributed by atoms with Crippen molar-refractivity contribution in [2.45, 2.75) is 36.9 Å². The van der Waals surface area contributed by atoms with E-state index in [-0.39, 0.29) is 11.8 Å². The minimum Gasteiger partial charge on any atom is -0.300 e. The molecule has 2 aliphatic rings. The molecule has 6 heteroatoms. The van der Waals surface area contributed by atoms with Crippen molar-refractivity contribution in [2.75, 3.05) is 11.1 Å². The van der Waals surface area contributed by atoms with E-state index in [1.54, 1.807) is 11.8 Å². The second-order valence-electron chi connectivity index (χ2n) is 5.08. The van der Waals surface area contributed by atoms with E-state index in [0.717, 1.165) is 22.4 Å². The molecular weight excluding hydrogens is 266 g/mol. The summed E-state index contributed by atoms with van der Waals surface area (Å²) < 4.78 is 0.931. The maximum Gasteiger partial charge on any atom is 0.229 e. The zero-order valence-electron chi connectivity index (χ0n) is 10.4. The van der Waals surface area contributed by atoms with Gasteiger partial charge in [-0.2, -0.15) is 0 Å². The first-order valence-electron chi connectivity index (χ1n) is 6.53. The number of carbonyl (C=O) groups is 1. The molecule has 3 rings (SSSR count). The van der Waals surface area contributed by atoms with Gasteiger partial charge >= 0.3 is 0 Å². The summed E-state index contributed by atoms with van der Waals surface area (Å²) in [6.07, 6.45) is 4.89. The molecule has 1 aromatic heterocycles. The Balaban J connectivity index is 1.60. The fraction of sp³-hybridized carbons (Fsp3) is 0.750. The maximum atomic E-state index is 12.2. The molecule has 18 heavy (non-hydrogen) atoms. The predicted molar refractivity (Wildman–Crippen MR) is 73.9 cm³/mol. The highest BCUT2D eigenvalue weighted by Crippen LogP contribution is 2.48. The predicted octanol–water partition coefficient (Wildman–Crippen LogP) is 3.02. The Morgan fingerprint density at radius 3 is 3.00 bits per heavy atom. The molecule has 0 aliphatic heterocycles. The third-order valence-corrected chi connectivity index (χ3v) is 5.83. The zero-order chi connectivity index (χ0) is 12.5. The van der Waals surface area contributed by atoms with E-state index in [4.69, 9.17) is 0 Å². The van der Waals surface area contributed by atoms with Gasteiger partial charge in [0.05, 0.1) is 0 Å². The molecule has 98 valence electrons. The molecule has 0 saturated heterocycles. The van der Waals surface area contributed by atoms with E-state index in [1.807, 2.05) is 0 Å². The van der Waals surface area contributed by atoms with Gasteiger partial charge in [-0.05, 0) is 36.9 Å². The number of amides is 1. The van der Waals surface area contributed by atoms with Gasteiger partial charge in [0.15, 0.2) is 4.34 Å². The van der Waals surface area contributed by atoms with E-state index in [1.165, 1.54) is 30.6 Å². The number of fused-ring (bicyclic) bond motifs is 2. The van der Waals surface area contributed by atoms with E-state index < -0.39 is 0 Å². The quantitative estimate of drug-likeness (QED) is 0.681. The van der Waals surface area contributed by atoms with Crippen molar-refractivity contribution in [1.29, 1.82) is 0 Å². The summed E-state index contributed by atoms with van der Waals surface area (Å²) >= 11 is 3.13. The van der Waals surface area contributed by atoms with Gasteiger partial charge < -0.3 is 5.32 Å². The van der Waals surface area contributed by atoms with Crippen molar-refractivity contribution < 1.29 is 4.79 Å². The normalized spacial score (nSPS) is 29.7. The third-order valence-electron chi connectivity index (χ3n) is 3.98. The van der Waals surface area contributed by atoms with Gasteiger partial charge in [-0.15, -0.1) is 10.2 Å². The van der Waals surface area contributed by atoms with Crippen LogP contribution in [0.2, 0.25) is 0 Å². The minimum atomic E-state index is 0.159. The zero-order valence-corrected chi connectivity index (χ0v) is 12.0. The lowest BCUT2D eigenvalue weighted by atomic mass is 9.88. The van der Waals surface area contributed by atoms with E-state index in [9.17, 15) is 4.79 Å². The standard InChI is InChI=1S/C12H17N3OS2/c1-2-17-12-15-14-11(18-12)13-10(16)9-6-7-3-4-8(9)5-7/h7-9H,2-6H2,1H3,(H,13,14,16)/t7-,8+,9+/m1/s1. The molecular formula is C12H17N3OS2. The second-order valence-corrected chi connectivity index (χ2v) is 7.57. The summed E-state index contributed by atoms with van der Waals surface area (Å²) in [6.45, 7) is 2.08. The van der Waals surface area contributed by atoms with Crippen LogP contribution in [0.3, 0.4) is 0 Å². The molecule has 2 aliphatic carbocycles. The smallest absolute Gasteiger partial charge is 0.229 e. The molecule has 1 aromatic rings. The molecule has 3 atom stereocenters. The largest absolute Gasteiger partial charge is 0.300 e. The number of thioether (sulfide) groups is 1. The monoisotopic (exact) mass is 283 g/mol. The first kappa shape index (κ1) is 12.4. The Kier molecular flexibility index (Phi) is 3.56. The Hall–Kier alpha value is -0.620. The van der Waals surface area contributed by atoms with Gasteiger partial charge in [0.2, 0.25) is 11.0 Å². The molecule has 1 N–H and O–H groups in total. The summed E-state index contributed by atoms with van der Waals surface area (Å²) in [5.41, 5.74) is 0. The van der Waals surface area contributed by atoms with Crippen LogP contribution in [0.1, 0.15) is 32.6 Å². The first-order chi connectivity index (χ1) is 8.76. The summed E-state index contributed by atoms with van der Waals surface area (Å²) in [6, 6.07) is 0. The van der Waals surface area contributed by atoms with E-state index in [0.29, 0.717) is 11.0 Å². The number of carbonyl (C=O) groups excluding carboxylic acids is 1. The number of nitrogens with one attached hydrogen (secondary N) is 1. The van der Waals surface area contributed by atoms with Crippen LogP contribution < -0.4 is 5.32 Å². The van der Waals surface area contributed by atoms with Crippen LogP contribution in [0.4, 0.5) is 5.13 Å². The number of aromatic nitrogens is 2. The number of anilines is 1. The Labute approximate surface area is 115 Å². The molecule has 0 spiro atoms. The molecule has 4 nitrogen and oxygen atoms in total. The second kappa shape index (κ2) is 5.17. The van der Waals surface area contributed by atoms with Gasteiger partial charge in [0.1, 0.15) is 0 Å². The fourth-order valence-electron chi connectivity index (χ4n) is 3.21. The van der Waals surface area contributed by atoms with Crippen LogP contribution in [0, 0.1) is 17.8 Å². The number of rotatable bonds is 4. The lowest BCUT2D eigenvalue weighted by Gasteiger charge is -2.19. The molecule has 2 bridgehead atoms. The van der Waals surface area contributed by atoms with Crippen molar-refractivity contribution in [3.8, 4) is 0 Å². The van der Waals surface area contributed by atoms with Gasteiger partial charge in [0, 0.05) is 5.92 Å². The van der Waals surface area contributed by atoms with Crippen LogP contribution >= 0.6 is 23.1 Å². The highest BCUT2D eigenvalue weighted by atomic mass is 32.2. The molecule has 0 aromatic carbocycles. The molecule has 2 fully saturated rings. The number of nitrogens with zero attached hydrogens (tertiary/aromatic N) is 2. The van der Waals surface area contributed by atoms with Gasteiger partial charge in [-0.25, -0.2) is 0 Å². The SMILES string of the molecule is CCSc1nnc(NC(=O)[C@H]2C[C@@H]3CC[C@H]2C3)s1. The third kappa shape index (κ3) is 2.40. The highest BCUT2D eigenvalue weighted by molar-refractivity contribution is 8.01. The average molecular weight is 283 g/mol. The van der Waals surface area contributed by atoms with Crippen molar-refractivity contribution in [3.63, 3.8) is 0 Å².